The van der Waals surface area contributed by atoms with Crippen LogP contribution in [-0.2, 0) is 4.79 Å². The maximum absolute atomic E-state index is 11.8. The molecule has 0 fully saturated rings. The number of hydrogen-bond acceptors (Lipinski definition) is 2. The van der Waals surface area contributed by atoms with E-state index >= 15 is 0 Å². The van der Waals surface area contributed by atoms with Crippen molar-refractivity contribution in [3.8, 4) is 0 Å². The average Bonchev–Trinajstić information content (AvgIpc) is 2.37. The van der Waals surface area contributed by atoms with Crippen LogP contribution in [-0.4, -0.2) is 23.5 Å². The number of hydrogen-bond donors (Lipinski definition) is 2. The van der Waals surface area contributed by atoms with Crippen LogP contribution in [0, 0.1) is 5.92 Å². The number of carboxylic acids is 1. The third-order valence-corrected chi connectivity index (χ3v) is 3.41. The Bertz CT molecular complexity index is 431. The van der Waals surface area contributed by atoms with Crippen LogP contribution in [0.4, 0.5) is 0 Å². The monoisotopic (exact) mass is 327 g/mol. The van der Waals surface area contributed by atoms with Gasteiger partial charge in [0.25, 0.3) is 5.91 Å². The van der Waals surface area contributed by atoms with Crippen LogP contribution < -0.4 is 5.32 Å². The minimum Gasteiger partial charge on any atom is -0.481 e. The Morgan fingerprint density at radius 1 is 1.26 bits per heavy atom. The summed E-state index contributed by atoms with van der Waals surface area (Å²) in [6, 6.07) is 7.16. The van der Waals surface area contributed by atoms with Gasteiger partial charge in [0.05, 0.1) is 0 Å². The zero-order valence-corrected chi connectivity index (χ0v) is 12.4. The number of aliphatic carboxylic acids is 1. The molecule has 0 aromatic heterocycles. The van der Waals surface area contributed by atoms with Gasteiger partial charge in [-0.25, -0.2) is 0 Å². The van der Waals surface area contributed by atoms with E-state index in [4.69, 9.17) is 5.11 Å². The molecule has 2 N–H and O–H groups in total. The Morgan fingerprint density at radius 2 is 1.89 bits per heavy atom. The van der Waals surface area contributed by atoms with Gasteiger partial charge in [0.2, 0.25) is 0 Å². The van der Waals surface area contributed by atoms with E-state index in [0.29, 0.717) is 24.4 Å². The number of benzene rings is 1. The van der Waals surface area contributed by atoms with Crippen molar-refractivity contribution in [1.82, 2.24) is 5.32 Å². The predicted molar refractivity (Wildman–Crippen MR) is 77.1 cm³/mol. The van der Waals surface area contributed by atoms with Gasteiger partial charge in [0.15, 0.2) is 0 Å². The highest BCUT2D eigenvalue weighted by Crippen LogP contribution is 2.11. The second kappa shape index (κ2) is 7.94. The summed E-state index contributed by atoms with van der Waals surface area (Å²) in [6.07, 6.45) is 1.61. The van der Waals surface area contributed by atoms with Crippen molar-refractivity contribution in [1.29, 1.82) is 0 Å². The summed E-state index contributed by atoms with van der Waals surface area (Å²) in [7, 11) is 0. The molecule has 0 aliphatic rings. The van der Waals surface area contributed by atoms with Gasteiger partial charge >= 0.3 is 5.97 Å². The molecule has 0 aliphatic carbocycles. The summed E-state index contributed by atoms with van der Waals surface area (Å²) in [5.74, 6) is -0.579. The van der Waals surface area contributed by atoms with E-state index in [-0.39, 0.29) is 12.3 Å². The number of carbonyl (C=O) groups is 2. The normalized spacial score (nSPS) is 11.9. The first-order valence-corrected chi connectivity index (χ1v) is 7.04. The van der Waals surface area contributed by atoms with Gasteiger partial charge < -0.3 is 10.4 Å². The van der Waals surface area contributed by atoms with Crippen LogP contribution >= 0.6 is 15.9 Å². The molecular weight excluding hydrogens is 310 g/mol. The fraction of sp³-hybridized carbons (Fsp3) is 0.429. The van der Waals surface area contributed by atoms with Gasteiger partial charge in [0, 0.05) is 23.0 Å². The molecule has 0 spiro atoms. The molecule has 104 valence electrons. The van der Waals surface area contributed by atoms with Gasteiger partial charge in [-0.05, 0) is 43.0 Å². The van der Waals surface area contributed by atoms with E-state index in [1.54, 1.807) is 12.1 Å². The summed E-state index contributed by atoms with van der Waals surface area (Å²) in [4.78, 5) is 22.2. The van der Waals surface area contributed by atoms with Gasteiger partial charge in [-0.15, -0.1) is 0 Å². The van der Waals surface area contributed by atoms with Crippen LogP contribution in [0.3, 0.4) is 0 Å². The van der Waals surface area contributed by atoms with Crippen LogP contribution in [0.25, 0.3) is 0 Å². The minimum atomic E-state index is -0.772. The molecule has 0 radical (unpaired) electrons. The van der Waals surface area contributed by atoms with Crippen molar-refractivity contribution in [2.24, 2.45) is 5.92 Å². The fourth-order valence-corrected chi connectivity index (χ4v) is 1.91. The smallest absolute Gasteiger partial charge is 0.303 e. The van der Waals surface area contributed by atoms with Gasteiger partial charge in [-0.1, -0.05) is 22.9 Å². The molecule has 0 saturated heterocycles. The maximum atomic E-state index is 11.8. The highest BCUT2D eigenvalue weighted by atomic mass is 79.9. The Hall–Kier alpha value is -1.36. The van der Waals surface area contributed by atoms with Crippen LogP contribution in [0.5, 0.6) is 0 Å². The highest BCUT2D eigenvalue weighted by molar-refractivity contribution is 9.10. The van der Waals surface area contributed by atoms with Gasteiger partial charge in [-0.2, -0.15) is 0 Å². The van der Waals surface area contributed by atoms with Crippen molar-refractivity contribution in [2.45, 2.75) is 26.2 Å². The number of halogens is 1. The molecule has 1 atom stereocenters. The Morgan fingerprint density at radius 3 is 2.47 bits per heavy atom. The second-order valence-corrected chi connectivity index (χ2v) is 5.50. The van der Waals surface area contributed by atoms with E-state index in [9.17, 15) is 9.59 Å². The number of nitrogens with one attached hydrogen (secondary N) is 1. The van der Waals surface area contributed by atoms with Gasteiger partial charge in [0.1, 0.15) is 0 Å². The molecule has 0 bridgehead atoms. The number of carbonyl (C=O) groups excluding carboxylic acids is 1. The van der Waals surface area contributed by atoms with Crippen molar-refractivity contribution >= 4 is 27.8 Å². The Kier molecular flexibility index (Phi) is 6.56. The zero-order chi connectivity index (χ0) is 14.3. The molecule has 1 rings (SSSR count). The molecule has 19 heavy (non-hydrogen) atoms. The van der Waals surface area contributed by atoms with E-state index in [1.165, 1.54) is 0 Å². The third-order valence-electron chi connectivity index (χ3n) is 2.88. The lowest BCUT2D eigenvalue weighted by Gasteiger charge is -2.10. The van der Waals surface area contributed by atoms with E-state index in [2.05, 4.69) is 21.2 Å². The summed E-state index contributed by atoms with van der Waals surface area (Å²) in [5.41, 5.74) is 0.626. The molecule has 1 unspecified atom stereocenters. The van der Waals surface area contributed by atoms with Crippen molar-refractivity contribution in [3.63, 3.8) is 0 Å². The van der Waals surface area contributed by atoms with Crippen molar-refractivity contribution in [2.75, 3.05) is 6.54 Å². The first-order valence-electron chi connectivity index (χ1n) is 6.24. The first-order chi connectivity index (χ1) is 8.99. The van der Waals surface area contributed by atoms with Crippen molar-refractivity contribution < 1.29 is 14.7 Å². The zero-order valence-electron chi connectivity index (χ0n) is 10.9. The summed E-state index contributed by atoms with van der Waals surface area (Å²) in [6.45, 7) is 2.56. The number of rotatable bonds is 7. The lowest BCUT2D eigenvalue weighted by molar-refractivity contribution is -0.137. The maximum Gasteiger partial charge on any atom is 0.303 e. The minimum absolute atomic E-state index is 0.0991. The Labute approximate surface area is 121 Å². The highest BCUT2D eigenvalue weighted by Gasteiger charge is 2.08. The van der Waals surface area contributed by atoms with Gasteiger partial charge in [-0.3, -0.25) is 9.59 Å². The van der Waals surface area contributed by atoms with Crippen LogP contribution in [0.15, 0.2) is 28.7 Å². The van der Waals surface area contributed by atoms with E-state index < -0.39 is 5.97 Å². The third kappa shape index (κ3) is 6.38. The van der Waals surface area contributed by atoms with E-state index in [0.717, 1.165) is 10.9 Å². The van der Waals surface area contributed by atoms with E-state index in [1.807, 2.05) is 19.1 Å². The average molecular weight is 328 g/mol. The van der Waals surface area contributed by atoms with Crippen LogP contribution in [0.2, 0.25) is 0 Å². The lowest BCUT2D eigenvalue weighted by Crippen LogP contribution is -2.25. The molecule has 1 aromatic rings. The topological polar surface area (TPSA) is 66.4 Å². The SMILES string of the molecule is CC(CCNC(=O)c1ccc(Br)cc1)CCC(=O)O. The summed E-state index contributed by atoms with van der Waals surface area (Å²) >= 11 is 3.32. The summed E-state index contributed by atoms with van der Waals surface area (Å²) in [5, 5.41) is 11.4. The molecular formula is C14H18BrNO3. The van der Waals surface area contributed by atoms with Crippen LogP contribution in [0.1, 0.15) is 36.5 Å². The first kappa shape index (κ1) is 15.7. The van der Waals surface area contributed by atoms with Crippen molar-refractivity contribution in [3.05, 3.63) is 34.3 Å². The molecule has 5 heteroatoms. The predicted octanol–water partition coefficient (Wildman–Crippen LogP) is 3.07. The second-order valence-electron chi connectivity index (χ2n) is 4.59. The largest absolute Gasteiger partial charge is 0.481 e. The molecule has 0 aliphatic heterocycles. The fourth-order valence-electron chi connectivity index (χ4n) is 1.65. The summed E-state index contributed by atoms with van der Waals surface area (Å²) < 4.78 is 0.936. The molecule has 1 aromatic carbocycles. The molecule has 0 saturated carbocycles. The quantitative estimate of drug-likeness (QED) is 0.808. The molecule has 4 nitrogen and oxygen atoms in total. The lowest BCUT2D eigenvalue weighted by atomic mass is 10.0. The standard InChI is InChI=1S/C14H18BrNO3/c1-10(2-7-13(17)18)8-9-16-14(19)11-3-5-12(15)6-4-11/h3-6,10H,2,7-9H2,1H3,(H,16,19)(H,17,18). The molecule has 0 heterocycles. The number of amides is 1. The number of carboxylic acid groups (broad SMARTS) is 1. The molecule has 1 amide bonds. The Balaban J connectivity index is 2.27.